The Morgan fingerprint density at radius 2 is 1.21 bits per heavy atom. The molecule has 1 saturated heterocycles. The van der Waals surface area contributed by atoms with Crippen LogP contribution in [0.3, 0.4) is 0 Å². The monoisotopic (exact) mass is 936 g/mol. The first kappa shape index (κ1) is 56.6. The average Bonchev–Trinajstić information content (AvgIpc) is 1.88. The van der Waals surface area contributed by atoms with Crippen molar-refractivity contribution >= 4 is 5.84 Å². The molecule has 83 valence electrons. The van der Waals surface area contributed by atoms with E-state index in [1.807, 2.05) is 13.8 Å². The summed E-state index contributed by atoms with van der Waals surface area (Å²) in [5, 5.41) is 13.2. The molecule has 0 bridgehead atoms. The molecule has 9 radical (unpaired) electrons. The molecule has 0 amide bonds. The van der Waals surface area contributed by atoms with Crippen molar-refractivity contribution in [3.05, 3.63) is 21.9 Å². The van der Waals surface area contributed by atoms with Gasteiger partial charge in [-0.3, -0.25) is 5.84 Å². The molecule has 1 heterocycles. The Hall–Kier alpha value is 9.15. The second-order valence-electron chi connectivity index (χ2n) is 2.79. The largest absolute Gasteiger partial charge is 0.824 e. The molecule has 0 spiro atoms. The zero-order valence-electron chi connectivity index (χ0n) is 11.7. The van der Waals surface area contributed by atoms with Crippen LogP contribution in [-0.4, -0.2) is 12.4 Å². The summed E-state index contributed by atoms with van der Waals surface area (Å²) in [5.74, 6) is 0.256. The molecule has 2 nitrogen and oxygen atoms in total. The van der Waals surface area contributed by atoms with Gasteiger partial charge in [0.25, 0.3) is 0 Å². The zero-order chi connectivity index (χ0) is 7.56. The van der Waals surface area contributed by atoms with E-state index in [9.17, 15) is 5.41 Å². The summed E-state index contributed by atoms with van der Waals surface area (Å²) in [5.41, 5.74) is 2.22. The SMILES string of the molecule is CC(C)=C1CCC[N-]C1=[N-].[Y].[Y].[Y].[Y].[Y].[Y].[Y].[Y].[Y]. The molecule has 1 aliphatic rings. The maximum Gasteiger partial charge on any atom is 0 e. The Bertz CT molecular complexity index is 195. The Kier molecular flexibility index (Phi) is 113. The number of nitrogens with zero attached hydrogens (tertiary/aromatic N) is 2. The van der Waals surface area contributed by atoms with E-state index in [1.54, 1.807) is 0 Å². The van der Waals surface area contributed by atoms with Gasteiger partial charge in [0.2, 0.25) is 0 Å². The average molecular weight is 936 g/mol. The Morgan fingerprint density at radius 3 is 1.42 bits per heavy atom. The van der Waals surface area contributed by atoms with Gasteiger partial charge in [0.15, 0.2) is 0 Å². The molecule has 0 aromatic heterocycles. The third-order valence-electron chi connectivity index (χ3n) is 1.72. The molecule has 0 N–H and O–H groups in total. The second-order valence-corrected chi connectivity index (χ2v) is 2.79. The van der Waals surface area contributed by atoms with Gasteiger partial charge < -0.3 is 10.7 Å². The van der Waals surface area contributed by atoms with Crippen LogP contribution in [0.1, 0.15) is 26.7 Å². The molecular weight excluding hydrogens is 924 g/mol. The molecule has 1 aliphatic heterocycles. The normalized spacial score (nSPS) is 9.79. The second kappa shape index (κ2) is 37.8. The minimum absolute atomic E-state index is 0. The van der Waals surface area contributed by atoms with Gasteiger partial charge in [-0.2, -0.15) is 0 Å². The number of hydrogen-bond acceptors (Lipinski definition) is 0. The maximum absolute atomic E-state index is 9.23. The molecule has 0 aliphatic carbocycles. The summed E-state index contributed by atoms with van der Waals surface area (Å²) >= 11 is 0. The predicted octanol–water partition coefficient (Wildman–Crippen LogP) is 2.44. The number of hydrogen-bond donors (Lipinski definition) is 0. The first-order valence-electron chi connectivity index (χ1n) is 3.62. The van der Waals surface area contributed by atoms with Gasteiger partial charge in [-0.1, -0.05) is 17.6 Å². The third-order valence-corrected chi connectivity index (χ3v) is 1.72. The number of piperidine rings is 1. The van der Waals surface area contributed by atoms with Crippen molar-refractivity contribution in [2.45, 2.75) is 26.7 Å². The molecule has 1 rings (SSSR count). The van der Waals surface area contributed by atoms with E-state index in [2.05, 4.69) is 5.32 Å². The van der Waals surface area contributed by atoms with Crippen LogP contribution in [0.4, 0.5) is 0 Å². The van der Waals surface area contributed by atoms with Crippen molar-refractivity contribution < 1.29 is 294 Å². The fraction of sp³-hybridized carbons (Fsp3) is 0.625. The van der Waals surface area contributed by atoms with Gasteiger partial charge in [-0.05, 0) is 20.3 Å². The van der Waals surface area contributed by atoms with E-state index in [-0.39, 0.29) is 300 Å². The molecule has 1 fully saturated rings. The molecule has 19 heavy (non-hydrogen) atoms. The molecule has 0 atom stereocenters. The summed E-state index contributed by atoms with van der Waals surface area (Å²) in [6.07, 6.45) is 2.06. The van der Waals surface area contributed by atoms with E-state index in [4.69, 9.17) is 0 Å². The number of amidine groups is 1. The van der Waals surface area contributed by atoms with Crippen LogP contribution in [0.15, 0.2) is 11.1 Å². The Labute approximate surface area is 344 Å². The van der Waals surface area contributed by atoms with Gasteiger partial charge >= 0.3 is 0 Å². The van der Waals surface area contributed by atoms with Crippen molar-refractivity contribution in [1.29, 1.82) is 0 Å². The molecule has 0 saturated carbocycles. The van der Waals surface area contributed by atoms with Crippen molar-refractivity contribution in [2.24, 2.45) is 0 Å². The minimum atomic E-state index is 0. The van der Waals surface area contributed by atoms with Crippen molar-refractivity contribution in [3.8, 4) is 0 Å². The van der Waals surface area contributed by atoms with Crippen LogP contribution in [0.2, 0.25) is 0 Å². The predicted molar refractivity (Wildman–Crippen MR) is 44.2 cm³/mol. The molecule has 0 unspecified atom stereocenters. The first-order chi connectivity index (χ1) is 4.72. The number of allylic oxidation sites excluding steroid dienone is 1. The van der Waals surface area contributed by atoms with Gasteiger partial charge in [-0.25, -0.2) is 0 Å². The Morgan fingerprint density at radius 1 is 0.842 bits per heavy atom. The van der Waals surface area contributed by atoms with Gasteiger partial charge in [0.1, 0.15) is 0 Å². The summed E-state index contributed by atoms with van der Waals surface area (Å²) in [4.78, 5) is 0. The van der Waals surface area contributed by atoms with E-state index in [0.717, 1.165) is 25.0 Å². The maximum atomic E-state index is 9.23. The van der Waals surface area contributed by atoms with Crippen molar-refractivity contribution in [2.75, 3.05) is 6.54 Å². The van der Waals surface area contributed by atoms with Crippen molar-refractivity contribution in [3.63, 3.8) is 0 Å². The summed E-state index contributed by atoms with van der Waals surface area (Å²) in [6, 6.07) is 0. The van der Waals surface area contributed by atoms with Crippen LogP contribution in [0.25, 0.3) is 10.7 Å². The minimum Gasteiger partial charge on any atom is -0.824 e. The summed E-state index contributed by atoms with van der Waals surface area (Å²) in [7, 11) is 0. The smallest absolute Gasteiger partial charge is 0 e. The van der Waals surface area contributed by atoms with Gasteiger partial charge in [-0.15, -0.1) is 6.54 Å². The Balaban J connectivity index is -0.0000000159. The summed E-state index contributed by atoms with van der Waals surface area (Å²) < 4.78 is 0. The molecule has 11 heteroatoms. The van der Waals surface area contributed by atoms with Gasteiger partial charge in [0, 0.05) is 294 Å². The van der Waals surface area contributed by atoms with Crippen LogP contribution in [-0.2, 0) is 294 Å². The zero-order valence-corrected chi connectivity index (χ0v) is 37.3. The van der Waals surface area contributed by atoms with E-state index in [1.165, 1.54) is 5.57 Å². The topological polar surface area (TPSA) is 36.4 Å². The summed E-state index contributed by atoms with van der Waals surface area (Å²) in [6.45, 7) is 4.79. The van der Waals surface area contributed by atoms with Crippen LogP contribution in [0.5, 0.6) is 0 Å². The van der Waals surface area contributed by atoms with Crippen LogP contribution in [0, 0.1) is 0 Å². The molecular formula is C8H12N2Y9-2. The number of rotatable bonds is 0. The molecule has 0 aromatic carbocycles. The van der Waals surface area contributed by atoms with E-state index >= 15 is 0 Å². The fourth-order valence-corrected chi connectivity index (χ4v) is 1.12. The van der Waals surface area contributed by atoms with E-state index in [0.29, 0.717) is 0 Å². The van der Waals surface area contributed by atoms with Crippen molar-refractivity contribution in [1.82, 2.24) is 0 Å². The third kappa shape index (κ3) is 29.4. The van der Waals surface area contributed by atoms with Gasteiger partial charge in [0.05, 0.1) is 0 Å². The van der Waals surface area contributed by atoms with Crippen LogP contribution >= 0.6 is 0 Å². The molecule has 0 aromatic rings. The van der Waals surface area contributed by atoms with Crippen LogP contribution < -0.4 is 0 Å². The standard InChI is InChI=1S/C8H12N2.9Y/c1-6(2)7-4-3-5-10-8(7)9;;;;;;;;;/h3-5H2,1-2H3;;;;;;;;;/q-2;;;;;;;;;. The quantitative estimate of drug-likeness (QED) is 0.359. The fourth-order valence-electron chi connectivity index (χ4n) is 1.12. The first-order valence-corrected chi connectivity index (χ1v) is 3.62. The van der Waals surface area contributed by atoms with E-state index < -0.39 is 0 Å².